The number of nitrogens with zero attached hydrogens (tertiary/aromatic N) is 1. The second-order valence-corrected chi connectivity index (χ2v) is 6.48. The highest BCUT2D eigenvalue weighted by molar-refractivity contribution is 5.79. The van der Waals surface area contributed by atoms with Gasteiger partial charge in [-0.3, -0.25) is 4.79 Å². The SMILES string of the molecule is CN(C(=O)Cc1ccc2c(c1)OCO2)C1CCCc2ccccc21. The molecule has 0 N–H and O–H groups in total. The highest BCUT2D eigenvalue weighted by Crippen LogP contribution is 2.35. The molecule has 4 nitrogen and oxygen atoms in total. The lowest BCUT2D eigenvalue weighted by Gasteiger charge is -2.33. The van der Waals surface area contributed by atoms with Crippen LogP contribution in [0.25, 0.3) is 0 Å². The van der Waals surface area contributed by atoms with Crippen molar-refractivity contribution in [2.45, 2.75) is 31.7 Å². The summed E-state index contributed by atoms with van der Waals surface area (Å²) in [5.41, 5.74) is 3.63. The van der Waals surface area contributed by atoms with E-state index in [9.17, 15) is 4.79 Å². The number of ether oxygens (including phenoxy) is 2. The molecule has 0 aromatic heterocycles. The standard InChI is InChI=1S/C20H21NO3/c1-21(17-8-4-6-15-5-2-3-7-16(15)17)20(22)12-14-9-10-18-19(11-14)24-13-23-18/h2-3,5,7,9-11,17H,4,6,8,12-13H2,1H3. The van der Waals surface area contributed by atoms with Gasteiger partial charge in [0.1, 0.15) is 0 Å². The normalized spacial score (nSPS) is 18.1. The first-order valence-corrected chi connectivity index (χ1v) is 8.44. The van der Waals surface area contributed by atoms with Crippen molar-refractivity contribution in [2.75, 3.05) is 13.8 Å². The molecular weight excluding hydrogens is 302 g/mol. The molecule has 2 aliphatic rings. The van der Waals surface area contributed by atoms with Crippen molar-refractivity contribution in [3.8, 4) is 11.5 Å². The van der Waals surface area contributed by atoms with Crippen LogP contribution in [-0.2, 0) is 17.6 Å². The predicted octanol–water partition coefficient (Wildman–Crippen LogP) is 3.49. The van der Waals surface area contributed by atoms with Gasteiger partial charge < -0.3 is 14.4 Å². The van der Waals surface area contributed by atoms with Crippen LogP contribution < -0.4 is 9.47 Å². The number of hydrogen-bond acceptors (Lipinski definition) is 3. The van der Waals surface area contributed by atoms with E-state index < -0.39 is 0 Å². The molecule has 0 radical (unpaired) electrons. The number of likely N-dealkylation sites (N-methyl/N-ethyl adjacent to an activating group) is 1. The summed E-state index contributed by atoms with van der Waals surface area (Å²) in [6.07, 6.45) is 3.65. The zero-order valence-corrected chi connectivity index (χ0v) is 13.8. The smallest absolute Gasteiger partial charge is 0.231 e. The first-order chi connectivity index (χ1) is 11.7. The average Bonchev–Trinajstić information content (AvgIpc) is 3.08. The summed E-state index contributed by atoms with van der Waals surface area (Å²) in [6, 6.07) is 14.4. The van der Waals surface area contributed by atoms with Gasteiger partial charge in [0.15, 0.2) is 11.5 Å². The van der Waals surface area contributed by atoms with Crippen molar-refractivity contribution >= 4 is 5.91 Å². The van der Waals surface area contributed by atoms with E-state index in [1.54, 1.807) is 0 Å². The van der Waals surface area contributed by atoms with E-state index in [1.807, 2.05) is 30.1 Å². The topological polar surface area (TPSA) is 38.8 Å². The van der Waals surface area contributed by atoms with Gasteiger partial charge in [-0.2, -0.15) is 0 Å². The van der Waals surface area contributed by atoms with Crippen LogP contribution in [0, 0.1) is 0 Å². The molecular formula is C20H21NO3. The van der Waals surface area contributed by atoms with Crippen molar-refractivity contribution < 1.29 is 14.3 Å². The third-order valence-corrected chi connectivity index (χ3v) is 4.99. The first kappa shape index (κ1) is 15.1. The van der Waals surface area contributed by atoms with Crippen LogP contribution in [0.5, 0.6) is 11.5 Å². The Balaban J connectivity index is 1.51. The lowest BCUT2D eigenvalue weighted by Crippen LogP contribution is -2.34. The third-order valence-electron chi connectivity index (χ3n) is 4.99. The minimum Gasteiger partial charge on any atom is -0.454 e. The molecule has 1 aliphatic heterocycles. The molecule has 1 heterocycles. The Bertz CT molecular complexity index is 771. The van der Waals surface area contributed by atoms with Crippen LogP contribution in [0.4, 0.5) is 0 Å². The maximum Gasteiger partial charge on any atom is 0.231 e. The van der Waals surface area contributed by atoms with Gasteiger partial charge in [0, 0.05) is 7.05 Å². The Morgan fingerprint density at radius 2 is 2.00 bits per heavy atom. The minimum atomic E-state index is 0.135. The summed E-state index contributed by atoms with van der Waals surface area (Å²) in [5, 5.41) is 0. The number of hydrogen-bond donors (Lipinski definition) is 0. The predicted molar refractivity (Wildman–Crippen MR) is 91.2 cm³/mol. The lowest BCUT2D eigenvalue weighted by atomic mass is 9.87. The summed E-state index contributed by atoms with van der Waals surface area (Å²) >= 11 is 0. The number of fused-ring (bicyclic) bond motifs is 2. The lowest BCUT2D eigenvalue weighted by molar-refractivity contribution is -0.131. The molecule has 2 aromatic carbocycles. The van der Waals surface area contributed by atoms with E-state index in [2.05, 4.69) is 24.3 Å². The molecule has 0 spiro atoms. The van der Waals surface area contributed by atoms with E-state index in [0.29, 0.717) is 6.42 Å². The highest BCUT2D eigenvalue weighted by atomic mass is 16.7. The van der Waals surface area contributed by atoms with Gasteiger partial charge in [-0.1, -0.05) is 30.3 Å². The second-order valence-electron chi connectivity index (χ2n) is 6.48. The molecule has 2 aromatic rings. The molecule has 4 rings (SSSR count). The highest BCUT2D eigenvalue weighted by Gasteiger charge is 2.26. The minimum absolute atomic E-state index is 0.135. The number of amides is 1. The van der Waals surface area contributed by atoms with Crippen LogP contribution in [0.1, 0.15) is 35.6 Å². The third kappa shape index (κ3) is 2.73. The van der Waals surface area contributed by atoms with Crippen molar-refractivity contribution in [1.82, 2.24) is 4.90 Å². The van der Waals surface area contributed by atoms with Crippen LogP contribution >= 0.6 is 0 Å². The maximum absolute atomic E-state index is 12.8. The summed E-state index contributed by atoms with van der Waals surface area (Å²) < 4.78 is 10.7. The number of carbonyl (C=O) groups excluding carboxylic acids is 1. The zero-order chi connectivity index (χ0) is 16.5. The molecule has 24 heavy (non-hydrogen) atoms. The van der Waals surface area contributed by atoms with Crippen molar-refractivity contribution in [3.05, 3.63) is 59.2 Å². The van der Waals surface area contributed by atoms with Gasteiger partial charge in [0.05, 0.1) is 12.5 Å². The van der Waals surface area contributed by atoms with Crippen molar-refractivity contribution in [3.63, 3.8) is 0 Å². The van der Waals surface area contributed by atoms with E-state index in [4.69, 9.17) is 9.47 Å². The molecule has 4 heteroatoms. The summed E-state index contributed by atoms with van der Waals surface area (Å²) in [6.45, 7) is 0.255. The van der Waals surface area contributed by atoms with Crippen LogP contribution in [0.2, 0.25) is 0 Å². The van der Waals surface area contributed by atoms with Crippen LogP contribution in [-0.4, -0.2) is 24.6 Å². The summed E-state index contributed by atoms with van der Waals surface area (Å²) in [5.74, 6) is 1.61. The average molecular weight is 323 g/mol. The van der Waals surface area contributed by atoms with E-state index >= 15 is 0 Å². The Labute approximate surface area is 142 Å². The van der Waals surface area contributed by atoms with Gasteiger partial charge >= 0.3 is 0 Å². The Hall–Kier alpha value is -2.49. The molecule has 1 atom stereocenters. The van der Waals surface area contributed by atoms with Crippen molar-refractivity contribution in [1.29, 1.82) is 0 Å². The molecule has 1 aliphatic carbocycles. The van der Waals surface area contributed by atoms with Gasteiger partial charge in [0.25, 0.3) is 0 Å². The fraction of sp³-hybridized carbons (Fsp3) is 0.350. The second kappa shape index (κ2) is 6.19. The number of carbonyl (C=O) groups is 1. The van der Waals surface area contributed by atoms with Gasteiger partial charge in [-0.25, -0.2) is 0 Å². The molecule has 1 amide bonds. The number of aryl methyl sites for hydroxylation is 1. The molecule has 124 valence electrons. The molecule has 0 fully saturated rings. The monoisotopic (exact) mass is 323 g/mol. The first-order valence-electron chi connectivity index (χ1n) is 8.44. The van der Waals surface area contributed by atoms with Gasteiger partial charge in [0.2, 0.25) is 12.7 Å². The zero-order valence-electron chi connectivity index (χ0n) is 13.8. The summed E-state index contributed by atoms with van der Waals surface area (Å²) in [4.78, 5) is 14.7. The fourth-order valence-electron chi connectivity index (χ4n) is 3.65. The molecule has 1 unspecified atom stereocenters. The molecule has 0 saturated heterocycles. The quantitative estimate of drug-likeness (QED) is 0.868. The maximum atomic E-state index is 12.8. The van der Waals surface area contributed by atoms with Gasteiger partial charge in [-0.15, -0.1) is 0 Å². The Morgan fingerprint density at radius 3 is 2.92 bits per heavy atom. The van der Waals surface area contributed by atoms with Crippen molar-refractivity contribution in [2.24, 2.45) is 0 Å². The van der Waals surface area contributed by atoms with E-state index in [0.717, 1.165) is 36.3 Å². The summed E-state index contributed by atoms with van der Waals surface area (Å²) in [7, 11) is 1.92. The van der Waals surface area contributed by atoms with E-state index in [1.165, 1.54) is 11.1 Å². The number of rotatable bonds is 3. The fourth-order valence-corrected chi connectivity index (χ4v) is 3.65. The largest absolute Gasteiger partial charge is 0.454 e. The Morgan fingerprint density at radius 1 is 1.17 bits per heavy atom. The number of benzene rings is 2. The van der Waals surface area contributed by atoms with Crippen LogP contribution in [0.15, 0.2) is 42.5 Å². The molecule has 0 saturated carbocycles. The Kier molecular flexibility index (Phi) is 3.89. The van der Waals surface area contributed by atoms with E-state index in [-0.39, 0.29) is 18.7 Å². The molecule has 0 bridgehead atoms. The van der Waals surface area contributed by atoms with Gasteiger partial charge in [-0.05, 0) is 48.1 Å². The van der Waals surface area contributed by atoms with Crippen LogP contribution in [0.3, 0.4) is 0 Å².